The van der Waals surface area contributed by atoms with Gasteiger partial charge in [-0.3, -0.25) is 0 Å². The van der Waals surface area contributed by atoms with Crippen molar-refractivity contribution in [3.8, 4) is 0 Å². The van der Waals surface area contributed by atoms with Gasteiger partial charge in [-0.1, -0.05) is 0 Å². The lowest BCUT2D eigenvalue weighted by molar-refractivity contribution is 0.346. The smallest absolute Gasteiger partial charge is 0.222 e. The highest BCUT2D eigenvalue weighted by Gasteiger charge is 2.28. The van der Waals surface area contributed by atoms with Crippen molar-refractivity contribution in [2.75, 3.05) is 24.2 Å². The molecule has 1 N–H and O–H groups in total. The second-order valence-electron chi connectivity index (χ2n) is 6.66. The number of hydrogen-bond acceptors (Lipinski definition) is 5. The summed E-state index contributed by atoms with van der Waals surface area (Å²) in [5, 5.41) is 0.629. The summed E-state index contributed by atoms with van der Waals surface area (Å²) in [6.07, 6.45) is 4.34. The van der Waals surface area contributed by atoms with Crippen LogP contribution in [-0.2, 0) is 10.0 Å². The average Bonchev–Trinajstić information content (AvgIpc) is 2.59. The number of hydrogen-bond donors (Lipinski definition) is 1. The van der Waals surface area contributed by atoms with E-state index in [2.05, 4.69) is 24.4 Å². The molecule has 9 heteroatoms. The minimum absolute atomic E-state index is 0.0609. The molecule has 2 unspecified atom stereocenters. The normalized spacial score (nSPS) is 19.3. The van der Waals surface area contributed by atoms with Gasteiger partial charge in [-0.25, -0.2) is 32.3 Å². The highest BCUT2D eigenvalue weighted by molar-refractivity contribution is 7.88. The number of benzene rings is 1. The maximum absolute atomic E-state index is 13.9. The lowest BCUT2D eigenvalue weighted by Crippen LogP contribution is -2.46. The lowest BCUT2D eigenvalue weighted by Gasteiger charge is -2.36. The largest absolute Gasteiger partial charge is 0.356 e. The first kappa shape index (κ1) is 18.5. The zero-order valence-corrected chi connectivity index (χ0v) is 15.4. The third-order valence-corrected chi connectivity index (χ3v) is 5.47. The summed E-state index contributed by atoms with van der Waals surface area (Å²) in [4.78, 5) is 13.7. The Morgan fingerprint density at radius 2 is 2.19 bits per heavy atom. The van der Waals surface area contributed by atoms with Crippen LogP contribution in [0.4, 0.5) is 15.9 Å². The maximum atomic E-state index is 13.9. The third kappa shape index (κ3) is 3.92. The molecular weight excluding hydrogens is 357 g/mol. The Balaban J connectivity index is 1.92. The molecule has 0 bridgehead atoms. The molecule has 0 aliphatic carbocycles. The first-order valence-corrected chi connectivity index (χ1v) is 10.2. The fourth-order valence-electron chi connectivity index (χ4n) is 3.43. The van der Waals surface area contributed by atoms with Crippen LogP contribution in [0.1, 0.15) is 19.8 Å². The molecule has 2 aromatic rings. The van der Waals surface area contributed by atoms with E-state index in [9.17, 15) is 12.8 Å². The van der Waals surface area contributed by atoms with E-state index in [1.807, 2.05) is 6.92 Å². The predicted molar refractivity (Wildman–Crippen MR) is 98.1 cm³/mol. The molecule has 1 aromatic heterocycles. The number of rotatable bonds is 4. The Morgan fingerprint density at radius 3 is 2.88 bits per heavy atom. The summed E-state index contributed by atoms with van der Waals surface area (Å²) in [6, 6.07) is 2.54. The second-order valence-corrected chi connectivity index (χ2v) is 8.44. The van der Waals surface area contributed by atoms with Crippen molar-refractivity contribution in [2.24, 2.45) is 5.92 Å². The predicted octanol–water partition coefficient (Wildman–Crippen LogP) is 2.47. The summed E-state index contributed by atoms with van der Waals surface area (Å²) < 4.78 is 39.5. The van der Waals surface area contributed by atoms with Crippen LogP contribution in [0.3, 0.4) is 0 Å². The molecule has 3 rings (SSSR count). The number of piperidine rings is 1. The van der Waals surface area contributed by atoms with Crippen molar-refractivity contribution in [2.45, 2.75) is 25.8 Å². The molecule has 26 heavy (non-hydrogen) atoms. The summed E-state index contributed by atoms with van der Waals surface area (Å²) >= 11 is 0. The maximum Gasteiger partial charge on any atom is 0.222 e. The molecule has 2 atom stereocenters. The molecule has 1 aromatic carbocycles. The summed E-state index contributed by atoms with van der Waals surface area (Å²) in [5.74, 6) is 0.181. The van der Waals surface area contributed by atoms with Gasteiger partial charge >= 0.3 is 0 Å². The van der Waals surface area contributed by atoms with E-state index in [1.54, 1.807) is 0 Å². The number of sulfonamides is 1. The van der Waals surface area contributed by atoms with Crippen LogP contribution in [0.5, 0.6) is 0 Å². The molecule has 1 aliphatic heterocycles. The summed E-state index contributed by atoms with van der Waals surface area (Å²) in [6.45, 7) is 10.4. The first-order valence-electron chi connectivity index (χ1n) is 8.32. The topological polar surface area (TPSA) is 79.5 Å². The standard InChI is InChI=1S/C17H20FN5O2S/c1-11(22-26(3,24)25)12-5-4-6-23(9-12)17-13-7-16(19-2)14(18)8-15(13)20-10-21-17/h7-8,10-12,22H,4-6,9H2,1,3H3. The fourth-order valence-corrected chi connectivity index (χ4v) is 4.30. The van der Waals surface area contributed by atoms with Gasteiger partial charge in [0.2, 0.25) is 15.7 Å². The number of aromatic nitrogens is 2. The molecular formula is C17H20FN5O2S. The minimum Gasteiger partial charge on any atom is -0.356 e. The van der Waals surface area contributed by atoms with Gasteiger partial charge in [0.15, 0.2) is 0 Å². The Labute approximate surface area is 152 Å². The van der Waals surface area contributed by atoms with Crippen molar-refractivity contribution in [1.29, 1.82) is 0 Å². The van der Waals surface area contributed by atoms with Gasteiger partial charge in [-0.2, -0.15) is 0 Å². The number of halogens is 1. The second kappa shape index (κ2) is 7.13. The van der Waals surface area contributed by atoms with E-state index >= 15 is 0 Å². The monoisotopic (exact) mass is 377 g/mol. The Hall–Kier alpha value is -2.31. The van der Waals surface area contributed by atoms with Crippen molar-refractivity contribution < 1.29 is 12.8 Å². The van der Waals surface area contributed by atoms with Crippen LogP contribution in [0.15, 0.2) is 18.5 Å². The van der Waals surface area contributed by atoms with Gasteiger partial charge in [-0.15, -0.1) is 0 Å². The minimum atomic E-state index is -3.27. The van der Waals surface area contributed by atoms with Crippen LogP contribution in [-0.4, -0.2) is 43.8 Å². The third-order valence-electron chi connectivity index (χ3n) is 4.67. The number of fused-ring (bicyclic) bond motifs is 1. The molecule has 2 heterocycles. The van der Waals surface area contributed by atoms with Gasteiger partial charge in [0, 0.05) is 24.5 Å². The lowest BCUT2D eigenvalue weighted by atomic mass is 9.92. The van der Waals surface area contributed by atoms with Crippen LogP contribution in [0.25, 0.3) is 15.7 Å². The highest BCUT2D eigenvalue weighted by atomic mass is 32.2. The molecule has 1 saturated heterocycles. The van der Waals surface area contributed by atoms with E-state index < -0.39 is 15.8 Å². The van der Waals surface area contributed by atoms with Crippen LogP contribution in [0.2, 0.25) is 0 Å². The van der Waals surface area contributed by atoms with Crippen LogP contribution < -0.4 is 9.62 Å². The summed E-state index contributed by atoms with van der Waals surface area (Å²) in [7, 11) is -3.27. The molecule has 0 saturated carbocycles. The SMILES string of the molecule is [C-]#[N+]c1cc2c(N3CCCC(C(C)NS(C)(=O)=O)C3)ncnc2cc1F. The van der Waals surface area contributed by atoms with Gasteiger partial charge in [0.05, 0.1) is 18.3 Å². The molecule has 138 valence electrons. The van der Waals surface area contributed by atoms with E-state index in [-0.39, 0.29) is 17.6 Å². The first-order chi connectivity index (χ1) is 12.3. The number of nitrogens with zero attached hydrogens (tertiary/aromatic N) is 4. The van der Waals surface area contributed by atoms with Crippen molar-refractivity contribution in [1.82, 2.24) is 14.7 Å². The van der Waals surface area contributed by atoms with E-state index in [0.717, 1.165) is 25.6 Å². The number of anilines is 1. The molecule has 0 spiro atoms. The van der Waals surface area contributed by atoms with Gasteiger partial charge in [0.1, 0.15) is 18.0 Å². The van der Waals surface area contributed by atoms with Crippen molar-refractivity contribution in [3.05, 3.63) is 35.7 Å². The molecule has 0 amide bonds. The number of nitrogens with one attached hydrogen (secondary N) is 1. The fraction of sp³-hybridized carbons (Fsp3) is 0.471. The van der Waals surface area contributed by atoms with Gasteiger partial charge in [0.25, 0.3) is 0 Å². The molecule has 1 aliphatic rings. The Bertz CT molecular complexity index is 973. The van der Waals surface area contributed by atoms with Crippen molar-refractivity contribution in [3.63, 3.8) is 0 Å². The van der Waals surface area contributed by atoms with E-state index in [0.29, 0.717) is 23.3 Å². The van der Waals surface area contributed by atoms with E-state index in [1.165, 1.54) is 18.5 Å². The van der Waals surface area contributed by atoms with Gasteiger partial charge in [-0.05, 0) is 37.8 Å². The van der Waals surface area contributed by atoms with Crippen molar-refractivity contribution >= 4 is 32.4 Å². The summed E-state index contributed by atoms with van der Waals surface area (Å²) in [5.41, 5.74) is 0.388. The Morgan fingerprint density at radius 1 is 1.42 bits per heavy atom. The molecule has 1 fully saturated rings. The molecule has 7 nitrogen and oxygen atoms in total. The zero-order valence-electron chi connectivity index (χ0n) is 14.6. The quantitative estimate of drug-likeness (QED) is 0.828. The van der Waals surface area contributed by atoms with Crippen LogP contribution >= 0.6 is 0 Å². The highest BCUT2D eigenvalue weighted by Crippen LogP contribution is 2.32. The zero-order chi connectivity index (χ0) is 18.9. The van der Waals surface area contributed by atoms with E-state index in [4.69, 9.17) is 6.57 Å². The molecule has 0 radical (unpaired) electrons. The van der Waals surface area contributed by atoms with Crippen LogP contribution in [0, 0.1) is 18.3 Å². The van der Waals surface area contributed by atoms with Gasteiger partial charge < -0.3 is 4.90 Å². The Kier molecular flexibility index (Phi) is 5.07. The average molecular weight is 377 g/mol.